The second-order valence-corrected chi connectivity index (χ2v) is 5.55. The van der Waals surface area contributed by atoms with Crippen molar-refractivity contribution in [3.63, 3.8) is 0 Å². The monoisotopic (exact) mass is 266 g/mol. The molecule has 2 aliphatic carbocycles. The number of ether oxygens (including phenoxy) is 1. The number of benzene rings is 1. The summed E-state index contributed by atoms with van der Waals surface area (Å²) in [4.78, 5) is 11.8. The van der Waals surface area contributed by atoms with Crippen molar-refractivity contribution in [3.8, 4) is 0 Å². The van der Waals surface area contributed by atoms with Crippen LogP contribution in [0.3, 0.4) is 0 Å². The van der Waals surface area contributed by atoms with Crippen LogP contribution < -0.4 is 0 Å². The predicted molar refractivity (Wildman–Crippen MR) is 66.0 cm³/mol. The highest BCUT2D eigenvalue weighted by Crippen LogP contribution is 2.53. The fraction of sp³-hybridized carbons (Fsp3) is 0.533. The Kier molecular flexibility index (Phi) is 2.66. The molecule has 0 N–H and O–H groups in total. The van der Waals surface area contributed by atoms with E-state index in [0.717, 1.165) is 0 Å². The minimum atomic E-state index is -2.78. The van der Waals surface area contributed by atoms with Gasteiger partial charge in [0.2, 0.25) is 0 Å². The Morgan fingerprint density at radius 2 is 2.05 bits per heavy atom. The molecule has 4 heteroatoms. The molecule has 3 rings (SSSR count). The highest BCUT2D eigenvalue weighted by Gasteiger charge is 2.54. The van der Waals surface area contributed by atoms with Crippen LogP contribution in [0, 0.1) is 5.92 Å². The van der Waals surface area contributed by atoms with Gasteiger partial charge >= 0.3 is 5.97 Å². The van der Waals surface area contributed by atoms with Gasteiger partial charge in [-0.1, -0.05) is 18.2 Å². The summed E-state index contributed by atoms with van der Waals surface area (Å²) in [5.74, 6) is -3.63. The standard InChI is InChI=1S/C15H16F2O2/c1-19-13(18)14(7-8-14)11-3-2-4-12(9-11)15(16,17)10-5-6-10/h2-4,9-10H,5-8H2,1H3. The first-order valence-electron chi connectivity index (χ1n) is 6.58. The molecule has 2 aliphatic rings. The second-order valence-electron chi connectivity index (χ2n) is 5.55. The Labute approximate surface area is 110 Å². The Morgan fingerprint density at radius 3 is 2.58 bits per heavy atom. The number of carbonyl (C=O) groups is 1. The van der Waals surface area contributed by atoms with Crippen molar-refractivity contribution in [1.29, 1.82) is 0 Å². The summed E-state index contributed by atoms with van der Waals surface area (Å²) < 4.78 is 33.0. The summed E-state index contributed by atoms with van der Waals surface area (Å²) in [7, 11) is 1.34. The largest absolute Gasteiger partial charge is 0.468 e. The maximum Gasteiger partial charge on any atom is 0.316 e. The summed E-state index contributed by atoms with van der Waals surface area (Å²) in [6, 6.07) is 6.30. The van der Waals surface area contributed by atoms with Crippen molar-refractivity contribution in [3.05, 3.63) is 35.4 Å². The van der Waals surface area contributed by atoms with Gasteiger partial charge in [-0.3, -0.25) is 4.79 Å². The molecule has 2 fully saturated rings. The quantitative estimate of drug-likeness (QED) is 0.781. The third kappa shape index (κ3) is 1.94. The lowest BCUT2D eigenvalue weighted by Gasteiger charge is -2.19. The molecule has 0 heterocycles. The normalized spacial score (nSPS) is 21.0. The van der Waals surface area contributed by atoms with E-state index in [1.807, 2.05) is 0 Å². The number of alkyl halides is 2. The molecule has 0 amide bonds. The van der Waals surface area contributed by atoms with E-state index in [-0.39, 0.29) is 11.5 Å². The first kappa shape index (κ1) is 12.6. The Hall–Kier alpha value is -1.45. The Bertz CT molecular complexity index is 517. The van der Waals surface area contributed by atoms with Crippen LogP contribution in [0.2, 0.25) is 0 Å². The molecule has 0 aliphatic heterocycles. The lowest BCUT2D eigenvalue weighted by Crippen LogP contribution is -2.23. The minimum absolute atomic E-state index is 0.0303. The Morgan fingerprint density at radius 1 is 1.37 bits per heavy atom. The molecule has 0 bridgehead atoms. The molecular weight excluding hydrogens is 250 g/mol. The van der Waals surface area contributed by atoms with Gasteiger partial charge in [0.05, 0.1) is 12.5 Å². The molecule has 0 radical (unpaired) electrons. The first-order chi connectivity index (χ1) is 9.00. The number of carbonyl (C=O) groups excluding carboxylic acids is 1. The van der Waals surface area contributed by atoms with Crippen LogP contribution >= 0.6 is 0 Å². The highest BCUT2D eigenvalue weighted by atomic mass is 19.3. The number of halogens is 2. The molecule has 0 aromatic heterocycles. The van der Waals surface area contributed by atoms with Crippen molar-refractivity contribution >= 4 is 5.97 Å². The molecule has 0 atom stereocenters. The molecule has 0 spiro atoms. The van der Waals surface area contributed by atoms with Crippen LogP contribution in [-0.2, 0) is 20.9 Å². The zero-order valence-corrected chi connectivity index (χ0v) is 10.8. The minimum Gasteiger partial charge on any atom is -0.468 e. The molecule has 1 aromatic carbocycles. The van der Waals surface area contributed by atoms with Crippen LogP contribution in [0.1, 0.15) is 36.8 Å². The zero-order valence-electron chi connectivity index (χ0n) is 10.8. The SMILES string of the molecule is COC(=O)C1(c2cccc(C(F)(F)C3CC3)c2)CC1. The van der Waals surface area contributed by atoms with Crippen molar-refractivity contribution in [2.75, 3.05) is 7.11 Å². The van der Waals surface area contributed by atoms with Gasteiger partial charge in [0.25, 0.3) is 5.92 Å². The van der Waals surface area contributed by atoms with Gasteiger partial charge in [0, 0.05) is 11.5 Å². The molecule has 0 unspecified atom stereocenters. The van der Waals surface area contributed by atoms with Crippen LogP contribution in [0.4, 0.5) is 8.78 Å². The number of hydrogen-bond donors (Lipinski definition) is 0. The van der Waals surface area contributed by atoms with Crippen molar-refractivity contribution in [2.24, 2.45) is 5.92 Å². The topological polar surface area (TPSA) is 26.3 Å². The first-order valence-corrected chi connectivity index (χ1v) is 6.58. The summed E-state index contributed by atoms with van der Waals surface area (Å²) in [5.41, 5.74) is 0.0181. The third-order valence-corrected chi connectivity index (χ3v) is 4.22. The van der Waals surface area contributed by atoms with E-state index in [9.17, 15) is 13.6 Å². The van der Waals surface area contributed by atoms with E-state index in [4.69, 9.17) is 4.74 Å². The third-order valence-electron chi connectivity index (χ3n) is 4.22. The molecule has 2 saturated carbocycles. The predicted octanol–water partition coefficient (Wildman–Crippen LogP) is 3.39. The molecular formula is C15H16F2O2. The van der Waals surface area contributed by atoms with Gasteiger partial charge in [-0.2, -0.15) is 0 Å². The molecule has 19 heavy (non-hydrogen) atoms. The van der Waals surface area contributed by atoms with Crippen LogP contribution in [0.5, 0.6) is 0 Å². The summed E-state index contributed by atoms with van der Waals surface area (Å²) in [6.07, 6.45) is 2.52. The summed E-state index contributed by atoms with van der Waals surface area (Å²) in [5, 5.41) is 0. The zero-order chi connectivity index (χ0) is 13.7. The van der Waals surface area contributed by atoms with E-state index in [0.29, 0.717) is 31.2 Å². The maximum absolute atomic E-state index is 14.1. The van der Waals surface area contributed by atoms with Gasteiger partial charge < -0.3 is 4.74 Å². The summed E-state index contributed by atoms with van der Waals surface area (Å²) in [6.45, 7) is 0. The van der Waals surface area contributed by atoms with Gasteiger partial charge in [-0.05, 0) is 37.3 Å². The maximum atomic E-state index is 14.1. The van der Waals surface area contributed by atoms with E-state index in [2.05, 4.69) is 0 Å². The number of hydrogen-bond acceptors (Lipinski definition) is 2. The molecule has 0 saturated heterocycles. The molecule has 102 valence electrons. The average Bonchev–Trinajstić information content (AvgIpc) is 3.30. The fourth-order valence-corrected chi connectivity index (χ4v) is 2.64. The van der Waals surface area contributed by atoms with E-state index in [1.54, 1.807) is 12.1 Å². The number of esters is 1. The molecule has 2 nitrogen and oxygen atoms in total. The smallest absolute Gasteiger partial charge is 0.316 e. The number of rotatable bonds is 4. The lowest BCUT2D eigenvalue weighted by molar-refractivity contribution is -0.143. The summed E-state index contributed by atoms with van der Waals surface area (Å²) >= 11 is 0. The second kappa shape index (κ2) is 4.02. The van der Waals surface area contributed by atoms with Gasteiger partial charge in [-0.15, -0.1) is 0 Å². The van der Waals surface area contributed by atoms with Crippen molar-refractivity contribution in [1.82, 2.24) is 0 Å². The van der Waals surface area contributed by atoms with E-state index >= 15 is 0 Å². The number of methoxy groups -OCH3 is 1. The lowest BCUT2D eigenvalue weighted by atomic mass is 9.92. The Balaban J connectivity index is 1.95. The van der Waals surface area contributed by atoms with Gasteiger partial charge in [0.1, 0.15) is 0 Å². The van der Waals surface area contributed by atoms with E-state index in [1.165, 1.54) is 19.2 Å². The van der Waals surface area contributed by atoms with Gasteiger partial charge in [0.15, 0.2) is 0 Å². The van der Waals surface area contributed by atoms with Gasteiger partial charge in [-0.25, -0.2) is 8.78 Å². The van der Waals surface area contributed by atoms with Crippen LogP contribution in [0.15, 0.2) is 24.3 Å². The van der Waals surface area contributed by atoms with Crippen LogP contribution in [-0.4, -0.2) is 13.1 Å². The van der Waals surface area contributed by atoms with Crippen LogP contribution in [0.25, 0.3) is 0 Å². The van der Waals surface area contributed by atoms with Crippen molar-refractivity contribution in [2.45, 2.75) is 37.0 Å². The highest BCUT2D eigenvalue weighted by molar-refractivity contribution is 5.86. The fourth-order valence-electron chi connectivity index (χ4n) is 2.64. The van der Waals surface area contributed by atoms with E-state index < -0.39 is 17.3 Å². The average molecular weight is 266 g/mol. The van der Waals surface area contributed by atoms with Crippen molar-refractivity contribution < 1.29 is 18.3 Å². The molecule has 1 aromatic rings.